The zero-order valence-corrected chi connectivity index (χ0v) is 23.1. The van der Waals surface area contributed by atoms with Gasteiger partial charge >= 0.3 is 6.03 Å². The van der Waals surface area contributed by atoms with Gasteiger partial charge in [0.2, 0.25) is 0 Å². The van der Waals surface area contributed by atoms with E-state index < -0.39 is 6.10 Å². The molecule has 0 unspecified atom stereocenters. The van der Waals surface area contributed by atoms with Crippen molar-refractivity contribution >= 4 is 39.4 Å². The molecule has 2 fully saturated rings. The maximum atomic E-state index is 13.5. The molecule has 10 nitrogen and oxygen atoms in total. The van der Waals surface area contributed by atoms with Crippen LogP contribution in [0.2, 0.25) is 0 Å². The van der Waals surface area contributed by atoms with E-state index in [2.05, 4.69) is 24.0 Å². The summed E-state index contributed by atoms with van der Waals surface area (Å²) in [6.45, 7) is 5.52. The normalized spacial score (nSPS) is 15.8. The fraction of sp³-hybridized carbons (Fsp3) is 0.357. The molecule has 5 heterocycles. The number of aromatic nitrogens is 3. The van der Waals surface area contributed by atoms with Crippen LogP contribution in [0.15, 0.2) is 42.6 Å². The number of halogens is 1. The number of amides is 2. The number of pyridine rings is 1. The first-order valence-electron chi connectivity index (χ1n) is 13.2. The van der Waals surface area contributed by atoms with E-state index in [9.17, 15) is 19.6 Å². The standard InChI is InChI=1S/C28H29FN8O2S/c1-3-22-26(33(2)27-31-25(24(15-30)40-27)18-4-6-19(29)7-5-18)23-14-20(8-9-37(23)32-22)34-10-12-35(13-11-34)28(39)36-16-21(38)17-36/h4-9,14,21,38H,3,10-13,16-17H2,1-2H3. The average molecular weight is 561 g/mol. The molecule has 2 aliphatic rings. The lowest BCUT2D eigenvalue weighted by Gasteiger charge is -2.42. The number of hydrogen-bond acceptors (Lipinski definition) is 8. The first-order valence-corrected chi connectivity index (χ1v) is 14.1. The highest BCUT2D eigenvalue weighted by Gasteiger charge is 2.33. The van der Waals surface area contributed by atoms with Gasteiger partial charge in [-0.2, -0.15) is 10.4 Å². The number of benzene rings is 1. The predicted molar refractivity (Wildman–Crippen MR) is 152 cm³/mol. The minimum absolute atomic E-state index is 0.00659. The summed E-state index contributed by atoms with van der Waals surface area (Å²) in [7, 11) is 1.92. The molecule has 0 radical (unpaired) electrons. The molecule has 1 aromatic carbocycles. The number of nitrogens with zero attached hydrogens (tertiary/aromatic N) is 8. The molecular weight excluding hydrogens is 531 g/mol. The molecule has 3 aromatic heterocycles. The van der Waals surface area contributed by atoms with Gasteiger partial charge in [-0.05, 0) is 42.8 Å². The molecule has 1 N–H and O–H groups in total. The number of β-amino-alcohol motifs (C(OH)–C–C–N with tert-alkyl or cyclic N) is 1. The van der Waals surface area contributed by atoms with Crippen LogP contribution < -0.4 is 9.80 Å². The summed E-state index contributed by atoms with van der Waals surface area (Å²) >= 11 is 1.29. The lowest BCUT2D eigenvalue weighted by Crippen LogP contribution is -2.60. The van der Waals surface area contributed by atoms with Gasteiger partial charge in [-0.1, -0.05) is 18.3 Å². The molecule has 6 rings (SSSR count). The van der Waals surface area contributed by atoms with Crippen molar-refractivity contribution in [3.05, 3.63) is 59.0 Å². The minimum atomic E-state index is -0.404. The van der Waals surface area contributed by atoms with Crippen molar-refractivity contribution in [1.29, 1.82) is 5.26 Å². The third kappa shape index (κ3) is 4.61. The minimum Gasteiger partial charge on any atom is -0.389 e. The number of carbonyl (C=O) groups is 1. The predicted octanol–water partition coefficient (Wildman–Crippen LogP) is 3.72. The van der Waals surface area contributed by atoms with Gasteiger partial charge < -0.3 is 24.7 Å². The Hall–Kier alpha value is -4.21. The van der Waals surface area contributed by atoms with Crippen LogP contribution >= 0.6 is 11.3 Å². The Morgan fingerprint density at radius 3 is 2.55 bits per heavy atom. The number of carbonyl (C=O) groups excluding carboxylic acids is 1. The lowest BCUT2D eigenvalue weighted by atomic mass is 10.1. The lowest BCUT2D eigenvalue weighted by molar-refractivity contribution is 0.0145. The molecule has 2 saturated heterocycles. The Morgan fingerprint density at radius 2 is 1.90 bits per heavy atom. The molecule has 12 heteroatoms. The van der Waals surface area contributed by atoms with Gasteiger partial charge in [-0.3, -0.25) is 0 Å². The molecule has 40 heavy (non-hydrogen) atoms. The topological polar surface area (TPSA) is 104 Å². The van der Waals surface area contributed by atoms with Gasteiger partial charge in [-0.15, -0.1) is 0 Å². The Balaban J connectivity index is 1.27. The second-order valence-electron chi connectivity index (χ2n) is 10.0. The van der Waals surface area contributed by atoms with Crippen LogP contribution in [0.3, 0.4) is 0 Å². The van der Waals surface area contributed by atoms with E-state index in [1.165, 1.54) is 23.5 Å². The van der Waals surface area contributed by atoms with Crippen molar-refractivity contribution in [2.45, 2.75) is 19.4 Å². The number of aliphatic hydroxyl groups is 1. The van der Waals surface area contributed by atoms with E-state index in [1.54, 1.807) is 17.0 Å². The Kier molecular flexibility index (Phi) is 6.77. The average Bonchev–Trinajstić information content (AvgIpc) is 3.56. The molecule has 2 aliphatic heterocycles. The van der Waals surface area contributed by atoms with Gasteiger partial charge in [0.1, 0.15) is 22.5 Å². The molecule has 4 aromatic rings. The number of aliphatic hydroxyl groups excluding tert-OH is 1. The number of piperazine rings is 1. The number of nitriles is 1. The van der Waals surface area contributed by atoms with Gasteiger partial charge in [0.05, 0.1) is 36.1 Å². The van der Waals surface area contributed by atoms with Gasteiger partial charge in [0, 0.05) is 50.7 Å². The Labute approximate surface area is 235 Å². The van der Waals surface area contributed by atoms with E-state index in [1.807, 2.05) is 33.6 Å². The molecule has 0 aliphatic carbocycles. The van der Waals surface area contributed by atoms with Gasteiger partial charge in [0.15, 0.2) is 5.13 Å². The number of urea groups is 1. The highest BCUT2D eigenvalue weighted by Crippen LogP contribution is 2.39. The van der Waals surface area contributed by atoms with Crippen LogP contribution in [0.5, 0.6) is 0 Å². The second-order valence-corrected chi connectivity index (χ2v) is 11.0. The fourth-order valence-corrected chi connectivity index (χ4v) is 6.12. The molecule has 0 atom stereocenters. The first-order chi connectivity index (χ1) is 19.4. The molecule has 0 bridgehead atoms. The number of rotatable bonds is 5. The van der Waals surface area contributed by atoms with Crippen LogP contribution in [0, 0.1) is 17.1 Å². The van der Waals surface area contributed by atoms with Crippen molar-refractivity contribution in [3.63, 3.8) is 0 Å². The molecule has 0 saturated carbocycles. The van der Waals surface area contributed by atoms with Crippen LogP contribution in [0.4, 0.5) is 25.7 Å². The second kappa shape index (κ2) is 10.4. The Morgan fingerprint density at radius 1 is 1.18 bits per heavy atom. The van der Waals surface area contributed by atoms with Crippen molar-refractivity contribution in [1.82, 2.24) is 24.4 Å². The van der Waals surface area contributed by atoms with E-state index >= 15 is 0 Å². The zero-order valence-electron chi connectivity index (χ0n) is 22.3. The number of anilines is 3. The van der Waals surface area contributed by atoms with Gasteiger partial charge in [-0.25, -0.2) is 18.7 Å². The summed E-state index contributed by atoms with van der Waals surface area (Å²) in [5, 5.41) is 24.8. The number of hydrogen-bond donors (Lipinski definition) is 1. The number of fused-ring (bicyclic) bond motifs is 1. The highest BCUT2D eigenvalue weighted by molar-refractivity contribution is 7.16. The van der Waals surface area contributed by atoms with Crippen LogP contribution in [0.1, 0.15) is 17.5 Å². The summed E-state index contributed by atoms with van der Waals surface area (Å²) in [5.74, 6) is -0.339. The van der Waals surface area contributed by atoms with E-state index in [0.29, 0.717) is 67.0 Å². The van der Waals surface area contributed by atoms with Crippen molar-refractivity contribution < 1.29 is 14.3 Å². The number of thiazole rings is 1. The van der Waals surface area contributed by atoms with Crippen LogP contribution in [-0.2, 0) is 6.42 Å². The summed E-state index contributed by atoms with van der Waals surface area (Å²) in [5.41, 5.74) is 5.00. The molecular formula is C28H29FN8O2S. The largest absolute Gasteiger partial charge is 0.389 e. The maximum absolute atomic E-state index is 13.5. The first kappa shape index (κ1) is 26.0. The number of likely N-dealkylation sites (tertiary alicyclic amines) is 1. The summed E-state index contributed by atoms with van der Waals surface area (Å²) in [6, 6.07) is 12.4. The van der Waals surface area contributed by atoms with Gasteiger partial charge in [0.25, 0.3) is 0 Å². The summed E-state index contributed by atoms with van der Waals surface area (Å²) in [6.07, 6.45) is 2.26. The summed E-state index contributed by atoms with van der Waals surface area (Å²) < 4.78 is 15.4. The fourth-order valence-electron chi connectivity index (χ4n) is 5.27. The van der Waals surface area contributed by atoms with Crippen LogP contribution in [0.25, 0.3) is 16.8 Å². The quantitative estimate of drug-likeness (QED) is 0.397. The third-order valence-corrected chi connectivity index (χ3v) is 8.54. The zero-order chi connectivity index (χ0) is 28.0. The van der Waals surface area contributed by atoms with E-state index in [0.717, 1.165) is 22.6 Å². The third-order valence-electron chi connectivity index (χ3n) is 7.50. The Bertz CT molecular complexity index is 1600. The number of aryl methyl sites for hydroxylation is 1. The molecule has 0 spiro atoms. The molecule has 2 amide bonds. The smallest absolute Gasteiger partial charge is 0.320 e. The van der Waals surface area contributed by atoms with Crippen molar-refractivity contribution in [3.8, 4) is 17.3 Å². The maximum Gasteiger partial charge on any atom is 0.320 e. The highest BCUT2D eigenvalue weighted by atomic mass is 32.1. The van der Waals surface area contributed by atoms with Crippen LogP contribution in [-0.4, -0.2) is 88.0 Å². The molecule has 206 valence electrons. The monoisotopic (exact) mass is 560 g/mol. The van der Waals surface area contributed by atoms with E-state index in [-0.39, 0.29) is 11.8 Å². The van der Waals surface area contributed by atoms with E-state index in [4.69, 9.17) is 10.1 Å². The summed E-state index contributed by atoms with van der Waals surface area (Å²) in [4.78, 5) is 25.7. The van der Waals surface area contributed by atoms with Crippen molar-refractivity contribution in [2.75, 3.05) is 56.1 Å². The SMILES string of the molecule is CCc1nn2ccc(N3CCN(C(=O)N4CC(O)C4)CC3)cc2c1N(C)c1nc(-c2ccc(F)cc2)c(C#N)s1. The van der Waals surface area contributed by atoms with Crippen molar-refractivity contribution in [2.24, 2.45) is 0 Å².